The van der Waals surface area contributed by atoms with E-state index in [0.29, 0.717) is 5.69 Å². The van der Waals surface area contributed by atoms with Crippen molar-refractivity contribution in [2.24, 2.45) is 11.7 Å². The monoisotopic (exact) mass is 222 g/mol. The lowest BCUT2D eigenvalue weighted by atomic mass is 9.94. The van der Waals surface area contributed by atoms with Crippen LogP contribution in [0.5, 0.6) is 0 Å². The lowest BCUT2D eigenvalue weighted by molar-refractivity contribution is -0.120. The minimum absolute atomic E-state index is 0.00518. The SMILES string of the molecule is NC1CCCCCC1C(=O)Nc1cn[nH]c1. The van der Waals surface area contributed by atoms with Gasteiger partial charge in [0.1, 0.15) is 0 Å². The number of aromatic amines is 1. The first-order valence-corrected chi connectivity index (χ1v) is 5.82. The van der Waals surface area contributed by atoms with E-state index in [1.54, 1.807) is 12.4 Å². The summed E-state index contributed by atoms with van der Waals surface area (Å²) < 4.78 is 0. The second-order valence-electron chi connectivity index (χ2n) is 4.38. The Kier molecular flexibility index (Phi) is 3.56. The van der Waals surface area contributed by atoms with Crippen molar-refractivity contribution < 1.29 is 4.79 Å². The van der Waals surface area contributed by atoms with Crippen LogP contribution in [-0.4, -0.2) is 22.1 Å². The van der Waals surface area contributed by atoms with Gasteiger partial charge in [0.05, 0.1) is 17.8 Å². The molecule has 0 radical (unpaired) electrons. The molecule has 1 fully saturated rings. The Labute approximate surface area is 94.8 Å². The molecule has 2 atom stereocenters. The van der Waals surface area contributed by atoms with E-state index in [0.717, 1.165) is 25.7 Å². The third-order valence-electron chi connectivity index (χ3n) is 3.17. The third-order valence-corrected chi connectivity index (χ3v) is 3.17. The van der Waals surface area contributed by atoms with E-state index in [1.165, 1.54) is 6.42 Å². The first-order valence-electron chi connectivity index (χ1n) is 5.82. The molecule has 1 aromatic rings. The Balaban J connectivity index is 1.97. The number of carbonyl (C=O) groups is 1. The van der Waals surface area contributed by atoms with Crippen LogP contribution in [0.2, 0.25) is 0 Å². The van der Waals surface area contributed by atoms with Gasteiger partial charge in [0.15, 0.2) is 0 Å². The highest BCUT2D eigenvalue weighted by atomic mass is 16.1. The second kappa shape index (κ2) is 5.12. The maximum absolute atomic E-state index is 12.0. The summed E-state index contributed by atoms with van der Waals surface area (Å²) >= 11 is 0. The summed E-state index contributed by atoms with van der Waals surface area (Å²) in [6, 6.07) is -0.00518. The first-order chi connectivity index (χ1) is 7.77. The lowest BCUT2D eigenvalue weighted by Gasteiger charge is -2.19. The smallest absolute Gasteiger partial charge is 0.229 e. The van der Waals surface area contributed by atoms with Gasteiger partial charge >= 0.3 is 0 Å². The van der Waals surface area contributed by atoms with Gasteiger partial charge in [-0.05, 0) is 12.8 Å². The largest absolute Gasteiger partial charge is 0.327 e. The van der Waals surface area contributed by atoms with Crippen LogP contribution in [0, 0.1) is 5.92 Å². The van der Waals surface area contributed by atoms with E-state index in [9.17, 15) is 4.79 Å². The predicted octanol–water partition coefficient (Wildman–Crippen LogP) is 1.26. The Hall–Kier alpha value is -1.36. The average molecular weight is 222 g/mol. The van der Waals surface area contributed by atoms with Crippen LogP contribution in [0.4, 0.5) is 5.69 Å². The first kappa shape index (κ1) is 11.1. The van der Waals surface area contributed by atoms with Gasteiger partial charge in [0.25, 0.3) is 0 Å². The van der Waals surface area contributed by atoms with Gasteiger partial charge in [0, 0.05) is 12.2 Å². The summed E-state index contributed by atoms with van der Waals surface area (Å²) in [7, 11) is 0. The molecule has 2 rings (SSSR count). The molecule has 1 aliphatic rings. The Morgan fingerprint density at radius 3 is 3.00 bits per heavy atom. The molecule has 2 unspecified atom stereocenters. The van der Waals surface area contributed by atoms with E-state index < -0.39 is 0 Å². The minimum Gasteiger partial charge on any atom is -0.327 e. The van der Waals surface area contributed by atoms with Gasteiger partial charge in [-0.1, -0.05) is 19.3 Å². The number of H-pyrrole nitrogens is 1. The highest BCUT2D eigenvalue weighted by Crippen LogP contribution is 2.23. The maximum Gasteiger partial charge on any atom is 0.229 e. The predicted molar refractivity (Wildman–Crippen MR) is 61.8 cm³/mol. The van der Waals surface area contributed by atoms with Crippen molar-refractivity contribution in [2.45, 2.75) is 38.1 Å². The lowest BCUT2D eigenvalue weighted by Crippen LogP contribution is -2.37. The molecule has 1 aliphatic carbocycles. The normalized spacial score (nSPS) is 26.1. The zero-order valence-corrected chi connectivity index (χ0v) is 9.28. The molecule has 0 saturated heterocycles. The van der Waals surface area contributed by atoms with Crippen molar-refractivity contribution in [3.05, 3.63) is 12.4 Å². The number of amides is 1. The highest BCUT2D eigenvalue weighted by Gasteiger charge is 2.26. The van der Waals surface area contributed by atoms with Crippen LogP contribution in [0.1, 0.15) is 32.1 Å². The minimum atomic E-state index is -0.0580. The van der Waals surface area contributed by atoms with Crippen molar-refractivity contribution in [3.63, 3.8) is 0 Å². The maximum atomic E-state index is 12.0. The van der Waals surface area contributed by atoms with Crippen molar-refractivity contribution in [2.75, 3.05) is 5.32 Å². The van der Waals surface area contributed by atoms with E-state index in [2.05, 4.69) is 15.5 Å². The van der Waals surface area contributed by atoms with Gasteiger partial charge in [-0.2, -0.15) is 5.10 Å². The molecule has 4 N–H and O–H groups in total. The fourth-order valence-corrected chi connectivity index (χ4v) is 2.22. The summed E-state index contributed by atoms with van der Waals surface area (Å²) in [5, 5.41) is 9.29. The third kappa shape index (κ3) is 2.61. The van der Waals surface area contributed by atoms with Gasteiger partial charge in [-0.25, -0.2) is 0 Å². The Bertz CT molecular complexity index is 336. The fraction of sp³-hybridized carbons (Fsp3) is 0.636. The molecule has 0 bridgehead atoms. The number of carbonyl (C=O) groups excluding carboxylic acids is 1. The number of hydrogen-bond donors (Lipinski definition) is 3. The molecule has 0 spiro atoms. The number of hydrogen-bond acceptors (Lipinski definition) is 3. The zero-order valence-electron chi connectivity index (χ0n) is 9.28. The van der Waals surface area contributed by atoms with E-state index in [4.69, 9.17) is 5.73 Å². The van der Waals surface area contributed by atoms with Crippen LogP contribution in [0.3, 0.4) is 0 Å². The molecule has 0 aliphatic heterocycles. The van der Waals surface area contributed by atoms with Gasteiger partial charge in [-0.3, -0.25) is 9.89 Å². The van der Waals surface area contributed by atoms with Crippen LogP contribution in [-0.2, 0) is 4.79 Å². The molecule has 0 aromatic carbocycles. The van der Waals surface area contributed by atoms with Crippen molar-refractivity contribution in [1.29, 1.82) is 0 Å². The van der Waals surface area contributed by atoms with Crippen molar-refractivity contribution in [3.8, 4) is 0 Å². The number of anilines is 1. The van der Waals surface area contributed by atoms with Crippen LogP contribution >= 0.6 is 0 Å². The van der Waals surface area contributed by atoms with Gasteiger partial charge in [0.2, 0.25) is 5.91 Å². The summed E-state index contributed by atoms with van der Waals surface area (Å²) in [5.41, 5.74) is 6.73. The molecule has 1 heterocycles. The molecule has 16 heavy (non-hydrogen) atoms. The van der Waals surface area contributed by atoms with Crippen molar-refractivity contribution >= 4 is 11.6 Å². The number of rotatable bonds is 2. The molecule has 1 saturated carbocycles. The highest BCUT2D eigenvalue weighted by molar-refractivity contribution is 5.92. The van der Waals surface area contributed by atoms with Crippen molar-refractivity contribution in [1.82, 2.24) is 10.2 Å². The van der Waals surface area contributed by atoms with E-state index in [1.807, 2.05) is 0 Å². The quantitative estimate of drug-likeness (QED) is 0.658. The molecular formula is C11H18N4O. The molecule has 1 aromatic heterocycles. The van der Waals surface area contributed by atoms with Crippen LogP contribution < -0.4 is 11.1 Å². The number of aromatic nitrogens is 2. The molecule has 88 valence electrons. The summed E-state index contributed by atoms with van der Waals surface area (Å²) in [5.74, 6) is -0.0341. The Morgan fingerprint density at radius 1 is 1.44 bits per heavy atom. The molecule has 5 nitrogen and oxygen atoms in total. The summed E-state index contributed by atoms with van der Waals surface area (Å²) in [6.07, 6.45) is 8.52. The van der Waals surface area contributed by atoms with Crippen LogP contribution in [0.25, 0.3) is 0 Å². The average Bonchev–Trinajstić information content (AvgIpc) is 2.66. The molecule has 5 heteroatoms. The molecule has 1 amide bonds. The van der Waals surface area contributed by atoms with Gasteiger partial charge in [-0.15, -0.1) is 0 Å². The summed E-state index contributed by atoms with van der Waals surface area (Å²) in [4.78, 5) is 12.0. The second-order valence-corrected chi connectivity index (χ2v) is 4.38. The molecular weight excluding hydrogens is 204 g/mol. The standard InChI is InChI=1S/C11H18N4O/c12-10-5-3-1-2-4-9(10)11(16)15-8-6-13-14-7-8/h6-7,9-10H,1-5,12H2,(H,13,14)(H,15,16). The van der Waals surface area contributed by atoms with E-state index in [-0.39, 0.29) is 17.9 Å². The summed E-state index contributed by atoms with van der Waals surface area (Å²) in [6.45, 7) is 0. The topological polar surface area (TPSA) is 83.8 Å². The zero-order chi connectivity index (χ0) is 11.4. The Morgan fingerprint density at radius 2 is 2.25 bits per heavy atom. The number of nitrogens with one attached hydrogen (secondary N) is 2. The van der Waals surface area contributed by atoms with Gasteiger partial charge < -0.3 is 11.1 Å². The number of nitrogens with two attached hydrogens (primary N) is 1. The van der Waals surface area contributed by atoms with Crippen LogP contribution in [0.15, 0.2) is 12.4 Å². The fourth-order valence-electron chi connectivity index (χ4n) is 2.22. The number of nitrogens with zero attached hydrogens (tertiary/aromatic N) is 1. The van der Waals surface area contributed by atoms with E-state index >= 15 is 0 Å².